The number of hydrogen-bond donors (Lipinski definition) is 3. The Morgan fingerprint density at radius 1 is 1.14 bits per heavy atom. The van der Waals surface area contributed by atoms with Crippen molar-refractivity contribution in [3.8, 4) is 0 Å². The molecule has 2 rings (SSSR count). The van der Waals surface area contributed by atoms with Gasteiger partial charge in [0.2, 0.25) is 5.91 Å². The Morgan fingerprint density at radius 3 is 2.48 bits per heavy atom. The van der Waals surface area contributed by atoms with Gasteiger partial charge < -0.3 is 24.9 Å². The second-order valence-electron chi connectivity index (χ2n) is 6.71. The molecule has 7 nitrogen and oxygen atoms in total. The molecule has 0 bridgehead atoms. The molecule has 154 valence electrons. The molecule has 0 aliphatic heterocycles. The zero-order chi connectivity index (χ0) is 21.2. The van der Waals surface area contributed by atoms with Crippen LogP contribution in [0.15, 0.2) is 54.6 Å². The molecule has 3 N–H and O–H groups in total. The van der Waals surface area contributed by atoms with Gasteiger partial charge in [-0.25, -0.2) is 0 Å². The molecule has 0 saturated heterocycles. The van der Waals surface area contributed by atoms with Gasteiger partial charge in [0.05, 0.1) is 0 Å². The van der Waals surface area contributed by atoms with E-state index in [-0.39, 0.29) is 31.2 Å². The Bertz CT molecular complexity index is 801. The fourth-order valence-electron chi connectivity index (χ4n) is 2.96. The van der Waals surface area contributed by atoms with Crippen molar-refractivity contribution in [1.29, 1.82) is 0 Å². The van der Waals surface area contributed by atoms with Crippen LogP contribution in [0.1, 0.15) is 34.8 Å². The van der Waals surface area contributed by atoms with E-state index in [1.807, 2.05) is 62.4 Å². The summed E-state index contributed by atoms with van der Waals surface area (Å²) in [4.78, 5) is 26.6. The van der Waals surface area contributed by atoms with Crippen LogP contribution in [0.5, 0.6) is 0 Å². The Balaban J connectivity index is 1.93. The van der Waals surface area contributed by atoms with E-state index < -0.39 is 13.5 Å². The topological polar surface area (TPSA) is 99.1 Å². The number of carbonyl (C=O) groups is 2. The van der Waals surface area contributed by atoms with Gasteiger partial charge in [-0.15, -0.1) is 0 Å². The minimum absolute atomic E-state index is 0.0710. The minimum Gasteiger partial charge on any atom is -0.402 e. The lowest BCUT2D eigenvalue weighted by atomic mass is 10.1. The first kappa shape index (κ1) is 22.6. The molecular formula is C21H27BN2O5. The van der Waals surface area contributed by atoms with Gasteiger partial charge in [-0.2, -0.15) is 0 Å². The molecule has 2 aromatic carbocycles. The first-order chi connectivity index (χ1) is 13.9. The molecule has 0 aromatic heterocycles. The third-order valence-electron chi connectivity index (χ3n) is 4.41. The second-order valence-corrected chi connectivity index (χ2v) is 6.71. The minimum atomic E-state index is -2.00. The summed E-state index contributed by atoms with van der Waals surface area (Å²) in [5, 5.41) is 20.9. The van der Waals surface area contributed by atoms with Crippen LogP contribution < -0.4 is 5.32 Å². The largest absolute Gasteiger partial charge is 0.635 e. The number of rotatable bonds is 10. The molecule has 29 heavy (non-hydrogen) atoms. The predicted octanol–water partition coefficient (Wildman–Crippen LogP) is 1.52. The van der Waals surface area contributed by atoms with Crippen molar-refractivity contribution in [2.45, 2.75) is 32.9 Å². The van der Waals surface area contributed by atoms with Crippen molar-refractivity contribution in [3.05, 3.63) is 71.3 Å². The van der Waals surface area contributed by atoms with E-state index in [0.29, 0.717) is 12.1 Å². The second kappa shape index (κ2) is 11.4. The monoisotopic (exact) mass is 398 g/mol. The lowest BCUT2D eigenvalue weighted by molar-refractivity contribution is -0.124. The van der Waals surface area contributed by atoms with E-state index in [9.17, 15) is 9.59 Å². The first-order valence-electron chi connectivity index (χ1n) is 9.60. The highest BCUT2D eigenvalue weighted by molar-refractivity contribution is 6.32. The van der Waals surface area contributed by atoms with E-state index in [1.54, 1.807) is 11.0 Å². The Labute approximate surface area is 171 Å². The molecule has 0 radical (unpaired) electrons. The average molecular weight is 398 g/mol. The smallest absolute Gasteiger partial charge is 0.402 e. The van der Waals surface area contributed by atoms with Gasteiger partial charge in [0, 0.05) is 31.5 Å². The Morgan fingerprint density at radius 2 is 1.86 bits per heavy atom. The van der Waals surface area contributed by atoms with Crippen molar-refractivity contribution in [3.63, 3.8) is 0 Å². The summed E-state index contributed by atoms with van der Waals surface area (Å²) in [6.07, 6.45) is -0.543. The van der Waals surface area contributed by atoms with Crippen molar-refractivity contribution in [2.24, 2.45) is 0 Å². The fourth-order valence-corrected chi connectivity index (χ4v) is 2.96. The number of carbonyl (C=O) groups excluding carboxylic acids is 2. The van der Waals surface area contributed by atoms with Gasteiger partial charge in [-0.1, -0.05) is 48.0 Å². The summed E-state index contributed by atoms with van der Waals surface area (Å²) in [5.41, 5.74) is 2.46. The lowest BCUT2D eigenvalue weighted by Gasteiger charge is -2.23. The summed E-state index contributed by atoms with van der Waals surface area (Å²) in [7, 11) is -2.00. The Kier molecular flexibility index (Phi) is 8.86. The number of aryl methyl sites for hydroxylation is 1. The highest BCUT2D eigenvalue weighted by atomic mass is 16.6. The van der Waals surface area contributed by atoms with Crippen LogP contribution in [0.3, 0.4) is 0 Å². The van der Waals surface area contributed by atoms with Crippen molar-refractivity contribution in [2.75, 3.05) is 13.1 Å². The molecule has 0 aliphatic rings. The van der Waals surface area contributed by atoms with Crippen LogP contribution in [0.25, 0.3) is 0 Å². The molecule has 2 amide bonds. The number of nitrogens with one attached hydrogen (secondary N) is 1. The summed E-state index contributed by atoms with van der Waals surface area (Å²) in [5.74, 6) is -0.478. The van der Waals surface area contributed by atoms with Gasteiger partial charge in [-0.05, 0) is 31.5 Å². The van der Waals surface area contributed by atoms with Gasteiger partial charge in [0.15, 0.2) is 0 Å². The Hall–Kier alpha value is -2.68. The third kappa shape index (κ3) is 7.69. The molecule has 1 atom stereocenters. The summed E-state index contributed by atoms with van der Waals surface area (Å²) in [6, 6.07) is 16.6. The van der Waals surface area contributed by atoms with Crippen LogP contribution in [-0.2, 0) is 15.9 Å². The van der Waals surface area contributed by atoms with Crippen LogP contribution in [0, 0.1) is 6.92 Å². The van der Waals surface area contributed by atoms with Gasteiger partial charge in [0.1, 0.15) is 6.23 Å². The van der Waals surface area contributed by atoms with E-state index >= 15 is 0 Å². The standard InChI is InChI=1S/C21H27BN2O5/c1-3-24(21(26)18-11-7-8-16(2)14-18)13-12-19(25)23-20(29-22(27)28)15-17-9-5-4-6-10-17/h4-11,14,20,27-28H,3,12-13,15H2,1-2H3,(H,23,25)/t20-/m1/s1. The van der Waals surface area contributed by atoms with E-state index in [2.05, 4.69) is 5.32 Å². The maximum atomic E-state index is 12.7. The van der Waals surface area contributed by atoms with E-state index in [0.717, 1.165) is 11.1 Å². The maximum absolute atomic E-state index is 12.7. The zero-order valence-corrected chi connectivity index (χ0v) is 16.7. The van der Waals surface area contributed by atoms with Crippen LogP contribution >= 0.6 is 0 Å². The highest BCUT2D eigenvalue weighted by Gasteiger charge is 2.21. The van der Waals surface area contributed by atoms with E-state index in [4.69, 9.17) is 14.7 Å². The van der Waals surface area contributed by atoms with Gasteiger partial charge in [-0.3, -0.25) is 9.59 Å². The fraction of sp³-hybridized carbons (Fsp3) is 0.333. The van der Waals surface area contributed by atoms with Crippen molar-refractivity contribution < 1.29 is 24.3 Å². The van der Waals surface area contributed by atoms with Crippen LogP contribution in [-0.4, -0.2) is 53.4 Å². The normalized spacial score (nSPS) is 11.6. The van der Waals surface area contributed by atoms with Crippen LogP contribution in [0.2, 0.25) is 0 Å². The number of benzene rings is 2. The molecule has 0 aliphatic carbocycles. The van der Waals surface area contributed by atoms with Crippen molar-refractivity contribution in [1.82, 2.24) is 10.2 Å². The summed E-state index contributed by atoms with van der Waals surface area (Å²) >= 11 is 0. The summed E-state index contributed by atoms with van der Waals surface area (Å²) in [6.45, 7) is 4.49. The average Bonchev–Trinajstić information content (AvgIpc) is 2.68. The number of amides is 2. The molecule has 8 heteroatoms. The third-order valence-corrected chi connectivity index (χ3v) is 4.41. The number of nitrogens with zero attached hydrogens (tertiary/aromatic N) is 1. The summed E-state index contributed by atoms with van der Waals surface area (Å²) < 4.78 is 4.99. The maximum Gasteiger partial charge on any atom is 0.635 e. The molecule has 0 spiro atoms. The lowest BCUT2D eigenvalue weighted by Crippen LogP contribution is -2.43. The molecule has 0 saturated carbocycles. The van der Waals surface area contributed by atoms with E-state index in [1.165, 1.54) is 0 Å². The van der Waals surface area contributed by atoms with Crippen molar-refractivity contribution >= 4 is 19.1 Å². The SMILES string of the molecule is CCN(CCC(=O)N[C@@H](Cc1ccccc1)OB(O)O)C(=O)c1cccc(C)c1. The molecule has 0 fully saturated rings. The highest BCUT2D eigenvalue weighted by Crippen LogP contribution is 2.09. The predicted molar refractivity (Wildman–Crippen MR) is 111 cm³/mol. The first-order valence-corrected chi connectivity index (χ1v) is 9.60. The van der Waals surface area contributed by atoms with Gasteiger partial charge in [0.25, 0.3) is 5.91 Å². The van der Waals surface area contributed by atoms with Gasteiger partial charge >= 0.3 is 7.32 Å². The number of hydrogen-bond acceptors (Lipinski definition) is 5. The quantitative estimate of drug-likeness (QED) is 0.416. The molecule has 0 unspecified atom stereocenters. The molecule has 2 aromatic rings. The van der Waals surface area contributed by atoms with Crippen LogP contribution in [0.4, 0.5) is 0 Å². The molecular weight excluding hydrogens is 371 g/mol. The zero-order valence-electron chi connectivity index (χ0n) is 16.7. The molecule has 0 heterocycles.